The average Bonchev–Trinajstić information content (AvgIpc) is 3.61. The van der Waals surface area contributed by atoms with E-state index in [2.05, 4.69) is 23.0 Å². The smallest absolute Gasteiger partial charge is 0.266 e. The number of carbonyl (C=O) groups excluding carboxylic acids is 1. The molecule has 0 radical (unpaired) electrons. The van der Waals surface area contributed by atoms with Crippen LogP contribution in [0.2, 0.25) is 0 Å². The van der Waals surface area contributed by atoms with Crippen molar-refractivity contribution in [2.24, 2.45) is 4.99 Å². The fourth-order valence-electron chi connectivity index (χ4n) is 6.33. The number of unbranched alkanes of at least 4 members (excludes halogenated alkanes) is 1. The van der Waals surface area contributed by atoms with E-state index in [1.807, 2.05) is 72.8 Å². The summed E-state index contributed by atoms with van der Waals surface area (Å²) in [4.78, 5) is 19.7. The van der Waals surface area contributed by atoms with Gasteiger partial charge in [-0.3, -0.25) is 10.2 Å². The molecule has 0 spiro atoms. The van der Waals surface area contributed by atoms with Crippen LogP contribution in [0.15, 0.2) is 149 Å². The van der Waals surface area contributed by atoms with Crippen molar-refractivity contribution in [3.05, 3.63) is 156 Å². The number of aliphatic hydroxyl groups excluding tert-OH is 1. The number of nitrogens with one attached hydrogen (secondary N) is 2. The van der Waals surface area contributed by atoms with Crippen molar-refractivity contribution in [2.75, 3.05) is 25.5 Å². The van der Waals surface area contributed by atoms with E-state index >= 15 is 0 Å². The zero-order valence-corrected chi connectivity index (χ0v) is 30.4. The van der Waals surface area contributed by atoms with E-state index in [1.165, 1.54) is 5.56 Å². The lowest BCUT2D eigenvalue weighted by molar-refractivity contribution is -0.130. The topological polar surface area (TPSA) is 126 Å². The maximum atomic E-state index is 14.5. The molecule has 5 aromatic carbocycles. The van der Waals surface area contributed by atoms with Gasteiger partial charge in [-0.1, -0.05) is 103 Å². The summed E-state index contributed by atoms with van der Waals surface area (Å²) in [5, 5.41) is 9.12. The number of benzene rings is 5. The lowest BCUT2D eigenvalue weighted by atomic mass is 9.84. The van der Waals surface area contributed by atoms with Crippen LogP contribution in [0.5, 0.6) is 5.75 Å². The number of aliphatic imine (C=N–C) groups is 1. The molecular formula is C43H45N3O6S. The van der Waals surface area contributed by atoms with E-state index in [4.69, 9.17) is 19.6 Å². The molecule has 1 amide bonds. The molecule has 0 aromatic heterocycles. The normalized spacial score (nSPS) is 16.8. The van der Waals surface area contributed by atoms with Crippen LogP contribution in [0.4, 0.5) is 0 Å². The van der Waals surface area contributed by atoms with Gasteiger partial charge in [0.25, 0.3) is 5.91 Å². The van der Waals surface area contributed by atoms with E-state index in [0.717, 1.165) is 30.4 Å². The molecule has 3 N–H and O–H groups in total. The molecule has 1 aliphatic heterocycles. The molecule has 53 heavy (non-hydrogen) atoms. The Morgan fingerprint density at radius 3 is 2.06 bits per heavy atom. The van der Waals surface area contributed by atoms with Crippen LogP contribution in [0.1, 0.15) is 48.5 Å². The monoisotopic (exact) mass is 731 g/mol. The van der Waals surface area contributed by atoms with Gasteiger partial charge < -0.3 is 14.6 Å². The minimum atomic E-state index is -3.79. The van der Waals surface area contributed by atoms with Crippen LogP contribution in [0, 0.1) is 0 Å². The van der Waals surface area contributed by atoms with Crippen molar-refractivity contribution in [1.82, 2.24) is 10.9 Å². The van der Waals surface area contributed by atoms with Gasteiger partial charge in [0.05, 0.1) is 17.3 Å². The Morgan fingerprint density at radius 2 is 1.38 bits per heavy atom. The van der Waals surface area contributed by atoms with Gasteiger partial charge in [0.15, 0.2) is 21.5 Å². The largest absolute Gasteiger partial charge is 0.494 e. The highest BCUT2D eigenvalue weighted by Crippen LogP contribution is 2.43. The number of hydrogen-bond donors (Lipinski definition) is 3. The number of aliphatic hydroxyl groups is 1. The Bertz CT molecular complexity index is 2040. The molecule has 0 saturated carbocycles. The van der Waals surface area contributed by atoms with Crippen LogP contribution in [0.3, 0.4) is 0 Å². The Morgan fingerprint density at radius 1 is 0.755 bits per heavy atom. The van der Waals surface area contributed by atoms with Crippen LogP contribution in [0.25, 0.3) is 11.1 Å². The summed E-state index contributed by atoms with van der Waals surface area (Å²) >= 11 is 0. The minimum Gasteiger partial charge on any atom is -0.494 e. The fraction of sp³-hybridized carbons (Fsp3) is 0.256. The molecule has 10 heteroatoms. The van der Waals surface area contributed by atoms with Crippen molar-refractivity contribution in [1.29, 1.82) is 0 Å². The second-order valence-electron chi connectivity index (χ2n) is 13.0. The second-order valence-corrected chi connectivity index (χ2v) is 15.1. The van der Waals surface area contributed by atoms with Crippen molar-refractivity contribution in [3.8, 4) is 16.9 Å². The molecule has 1 heterocycles. The van der Waals surface area contributed by atoms with Gasteiger partial charge in [0.2, 0.25) is 5.90 Å². The first kappa shape index (κ1) is 37.5. The predicted octanol–water partition coefficient (Wildman–Crippen LogP) is 6.88. The number of rotatable bonds is 18. The number of amides is 1. The molecule has 0 fully saturated rings. The average molecular weight is 732 g/mol. The molecule has 6 rings (SSSR count). The molecule has 9 nitrogen and oxygen atoms in total. The number of hydrazine groups is 1. The van der Waals surface area contributed by atoms with Gasteiger partial charge in [-0.2, -0.15) is 0 Å². The highest BCUT2D eigenvalue weighted by Gasteiger charge is 2.53. The number of nitrogens with zero attached hydrogens (tertiary/aromatic N) is 1. The third kappa shape index (κ3) is 9.58. The third-order valence-electron chi connectivity index (χ3n) is 9.27. The van der Waals surface area contributed by atoms with Crippen molar-refractivity contribution >= 4 is 21.6 Å². The first-order chi connectivity index (χ1) is 25.9. The third-order valence-corrected chi connectivity index (χ3v) is 11.0. The number of carbonyl (C=O) groups is 1. The van der Waals surface area contributed by atoms with Crippen LogP contribution in [-0.2, 0) is 25.8 Å². The molecule has 274 valence electrons. The molecule has 2 atom stereocenters. The highest BCUT2D eigenvalue weighted by atomic mass is 32.2. The molecule has 0 unspecified atom stereocenters. The maximum absolute atomic E-state index is 14.5. The zero-order valence-electron chi connectivity index (χ0n) is 29.6. The summed E-state index contributed by atoms with van der Waals surface area (Å²) in [5.41, 5.74) is 8.90. The Kier molecular flexibility index (Phi) is 12.7. The Balaban J connectivity index is 1.31. The van der Waals surface area contributed by atoms with E-state index in [-0.39, 0.29) is 29.6 Å². The lowest BCUT2D eigenvalue weighted by Crippen LogP contribution is -2.53. The number of hydrogen-bond acceptors (Lipinski definition) is 8. The molecule has 0 bridgehead atoms. The van der Waals surface area contributed by atoms with E-state index in [0.29, 0.717) is 36.4 Å². The number of ether oxygens (including phenoxy) is 2. The van der Waals surface area contributed by atoms with Crippen LogP contribution >= 0.6 is 0 Å². The highest BCUT2D eigenvalue weighted by molar-refractivity contribution is 7.91. The summed E-state index contributed by atoms with van der Waals surface area (Å²) in [7, 11) is -3.79. The SMILES string of the molecule is O=C(NNCCCCc1ccccc1)[C@@]1(CCS(=O)(=O)c2ccccc2)N=C(c2ccc(OCCCO)cc2)O[C@H]1c1ccc(-c2ccccc2)cc1. The summed E-state index contributed by atoms with van der Waals surface area (Å²) < 4.78 is 39.7. The van der Waals surface area contributed by atoms with Crippen molar-refractivity contribution in [3.63, 3.8) is 0 Å². The molecular weight excluding hydrogens is 687 g/mol. The van der Waals surface area contributed by atoms with Crippen molar-refractivity contribution < 1.29 is 27.8 Å². The predicted molar refractivity (Wildman–Crippen MR) is 207 cm³/mol. The molecule has 0 saturated heterocycles. The Hall–Kier alpha value is -5.29. The van der Waals surface area contributed by atoms with Crippen LogP contribution < -0.4 is 15.6 Å². The molecule has 0 aliphatic carbocycles. The Labute approximate surface area is 311 Å². The van der Waals surface area contributed by atoms with Crippen LogP contribution in [-0.4, -0.2) is 56.4 Å². The van der Waals surface area contributed by atoms with Gasteiger partial charge in [-0.15, -0.1) is 0 Å². The minimum absolute atomic E-state index is 0.0309. The number of sulfone groups is 1. The zero-order chi connectivity index (χ0) is 36.9. The van der Waals surface area contributed by atoms with Crippen molar-refractivity contribution in [2.45, 2.75) is 48.6 Å². The quantitative estimate of drug-likeness (QED) is 0.0663. The molecule has 5 aromatic rings. The lowest BCUT2D eigenvalue weighted by Gasteiger charge is -2.30. The van der Waals surface area contributed by atoms with E-state index in [1.54, 1.807) is 54.6 Å². The molecule has 1 aliphatic rings. The summed E-state index contributed by atoms with van der Waals surface area (Å²) in [6, 6.07) is 43.4. The van der Waals surface area contributed by atoms with E-state index in [9.17, 15) is 13.2 Å². The maximum Gasteiger partial charge on any atom is 0.266 e. The first-order valence-corrected chi connectivity index (χ1v) is 19.6. The first-order valence-electron chi connectivity index (χ1n) is 18.0. The number of aryl methyl sites for hydroxylation is 1. The van der Waals surface area contributed by atoms with Gasteiger partial charge in [-0.25, -0.2) is 18.8 Å². The van der Waals surface area contributed by atoms with Gasteiger partial charge in [-0.05, 0) is 77.9 Å². The van der Waals surface area contributed by atoms with E-state index < -0.39 is 27.4 Å². The summed E-state index contributed by atoms with van der Waals surface area (Å²) in [6.45, 7) is 0.915. The van der Waals surface area contributed by atoms with Gasteiger partial charge in [0.1, 0.15) is 5.75 Å². The summed E-state index contributed by atoms with van der Waals surface area (Å²) in [5.74, 6) is 0.0140. The van der Waals surface area contributed by atoms with Gasteiger partial charge >= 0.3 is 0 Å². The fourth-order valence-corrected chi connectivity index (χ4v) is 7.71. The second kappa shape index (κ2) is 18.0. The van der Waals surface area contributed by atoms with Gasteiger partial charge in [0, 0.05) is 31.6 Å². The summed E-state index contributed by atoms with van der Waals surface area (Å²) in [6.07, 6.45) is 2.09. The standard InChI is InChI=1S/C43H45N3O6S/c47-30-12-31-51-38-26-24-37(25-27-38)41-45-43(28-32-53(49,50)39-18-8-3-9-19-39,42(48)46-44-29-11-10-15-33-13-4-1-5-14-33)40(52-41)36-22-20-35(21-23-36)34-16-6-2-7-17-34/h1-9,13-14,16-27,40,44,47H,10-12,15,28-32H2,(H,46,48)/t40-,43-/m0/s1.